The van der Waals surface area contributed by atoms with Crippen LogP contribution in [0.1, 0.15) is 49.4 Å². The number of nitrogens with two attached hydrogens (primary N) is 1. The Morgan fingerprint density at radius 3 is 2.43 bits per heavy atom. The average molecular weight is 476 g/mol. The molecule has 1 aromatic carbocycles. The van der Waals surface area contributed by atoms with Crippen LogP contribution in [0.25, 0.3) is 33.1 Å². The number of H-pyrrole nitrogens is 1. The van der Waals surface area contributed by atoms with Crippen molar-refractivity contribution >= 4 is 27.6 Å². The molecule has 0 aliphatic rings. The Kier molecular flexibility index (Phi) is 6.77. The Morgan fingerprint density at radius 1 is 1.09 bits per heavy atom. The second-order valence-electron chi connectivity index (χ2n) is 8.43. The van der Waals surface area contributed by atoms with Crippen LogP contribution >= 0.6 is 0 Å². The minimum Gasteiger partial charge on any atom is -0.496 e. The van der Waals surface area contributed by atoms with E-state index in [0.29, 0.717) is 0 Å². The number of rotatable bonds is 5. The van der Waals surface area contributed by atoms with E-state index in [-0.39, 0.29) is 0 Å². The Hall–Kier alpha value is -3.88. The fourth-order valence-electron chi connectivity index (χ4n) is 4.49. The second kappa shape index (κ2) is 9.77. The molecule has 35 heavy (non-hydrogen) atoms. The van der Waals surface area contributed by atoms with E-state index in [1.807, 2.05) is 37.7 Å². The van der Waals surface area contributed by atoms with E-state index in [0.717, 1.165) is 86.9 Å². The third-order valence-corrected chi connectivity index (χ3v) is 6.24. The van der Waals surface area contributed by atoms with Gasteiger partial charge in [0.15, 0.2) is 0 Å². The average Bonchev–Trinajstić information content (AvgIpc) is 3.49. The summed E-state index contributed by atoms with van der Waals surface area (Å²) >= 11 is 0. The smallest absolute Gasteiger partial charge is 0.142 e. The lowest BCUT2D eigenvalue weighted by Crippen LogP contribution is -2.02. The molecular weight excluding hydrogens is 442 g/mol. The molecule has 0 radical (unpaired) electrons. The summed E-state index contributed by atoms with van der Waals surface area (Å²) in [6.45, 7) is 12.9. The highest BCUT2D eigenvalue weighted by atomic mass is 16.5. The molecule has 0 unspecified atom stereocenters. The maximum absolute atomic E-state index is 5.92. The molecule has 4 heterocycles. The number of aromatic nitrogens is 6. The van der Waals surface area contributed by atoms with Gasteiger partial charge in [0.1, 0.15) is 23.0 Å². The van der Waals surface area contributed by atoms with Gasteiger partial charge in [-0.3, -0.25) is 4.68 Å². The normalized spacial score (nSPS) is 11.2. The zero-order chi connectivity index (χ0) is 25.3. The summed E-state index contributed by atoms with van der Waals surface area (Å²) in [5.74, 6) is 2.28. The van der Waals surface area contributed by atoms with Crippen molar-refractivity contribution in [3.05, 3.63) is 47.0 Å². The highest BCUT2D eigenvalue weighted by Crippen LogP contribution is 2.39. The Morgan fingerprint density at radius 2 is 1.86 bits per heavy atom. The van der Waals surface area contributed by atoms with Crippen molar-refractivity contribution in [3.63, 3.8) is 0 Å². The van der Waals surface area contributed by atoms with E-state index < -0.39 is 0 Å². The summed E-state index contributed by atoms with van der Waals surface area (Å²) in [4.78, 5) is 12.1. The number of ether oxygens (including phenoxy) is 1. The molecule has 0 fully saturated rings. The van der Waals surface area contributed by atoms with Crippen LogP contribution in [-0.2, 0) is 19.4 Å². The minimum absolute atomic E-state index is 0.738. The van der Waals surface area contributed by atoms with Gasteiger partial charge >= 0.3 is 0 Å². The van der Waals surface area contributed by atoms with Crippen molar-refractivity contribution in [1.29, 1.82) is 0 Å². The molecule has 0 amide bonds. The number of anilines is 1. The van der Waals surface area contributed by atoms with Crippen molar-refractivity contribution in [3.8, 4) is 16.9 Å². The second-order valence-corrected chi connectivity index (χ2v) is 8.43. The summed E-state index contributed by atoms with van der Waals surface area (Å²) < 4.78 is 12.9. The first-order valence-corrected chi connectivity index (χ1v) is 11.9. The molecule has 9 nitrogen and oxygen atoms in total. The standard InChI is InChI=1S/C17H16N4O2.C9H17N3/c1-8-16(9(2)23-21-8)12-5-14-11(6-15(12)22-4)13-7-18-10(3)19-17(13)20-14;1-4-7-9(10)8(5-2)12(6-3)11-7/h5-7H,1-4H3,(H,18,19,20);4-6,10H2,1-3H3. The van der Waals surface area contributed by atoms with E-state index in [1.165, 1.54) is 5.69 Å². The molecule has 0 spiro atoms. The van der Waals surface area contributed by atoms with Gasteiger partial charge in [-0.05, 0) is 52.7 Å². The number of aryl methyl sites for hydroxylation is 5. The molecule has 0 bridgehead atoms. The number of fused-ring (bicyclic) bond motifs is 3. The lowest BCUT2D eigenvalue weighted by atomic mass is 10.0. The number of hydrogen-bond donors (Lipinski definition) is 2. The van der Waals surface area contributed by atoms with Crippen LogP contribution in [0, 0.1) is 20.8 Å². The number of nitrogens with one attached hydrogen (secondary N) is 1. The zero-order valence-corrected chi connectivity index (χ0v) is 21.5. The van der Waals surface area contributed by atoms with Gasteiger partial charge in [0.25, 0.3) is 0 Å². The third-order valence-electron chi connectivity index (χ3n) is 6.24. The summed E-state index contributed by atoms with van der Waals surface area (Å²) in [5.41, 5.74) is 13.6. The molecule has 4 aromatic heterocycles. The van der Waals surface area contributed by atoms with Crippen LogP contribution in [0.3, 0.4) is 0 Å². The van der Waals surface area contributed by atoms with Crippen LogP contribution in [0.5, 0.6) is 5.75 Å². The van der Waals surface area contributed by atoms with Crippen molar-refractivity contribution in [2.24, 2.45) is 0 Å². The Labute approximate surface area is 204 Å². The number of nitrogens with zero attached hydrogens (tertiary/aromatic N) is 5. The van der Waals surface area contributed by atoms with Gasteiger partial charge in [0.05, 0.1) is 35.4 Å². The van der Waals surface area contributed by atoms with Gasteiger partial charge in [-0.1, -0.05) is 19.0 Å². The van der Waals surface area contributed by atoms with E-state index >= 15 is 0 Å². The number of hydrogen-bond acceptors (Lipinski definition) is 7. The fourth-order valence-corrected chi connectivity index (χ4v) is 4.49. The molecule has 0 aliphatic heterocycles. The van der Waals surface area contributed by atoms with Gasteiger partial charge in [-0.15, -0.1) is 0 Å². The number of benzene rings is 1. The lowest BCUT2D eigenvalue weighted by Gasteiger charge is -2.08. The van der Waals surface area contributed by atoms with Crippen LogP contribution in [0.4, 0.5) is 5.69 Å². The monoisotopic (exact) mass is 475 g/mol. The van der Waals surface area contributed by atoms with Crippen LogP contribution < -0.4 is 10.5 Å². The molecule has 184 valence electrons. The van der Waals surface area contributed by atoms with E-state index in [2.05, 4.69) is 52.0 Å². The van der Waals surface area contributed by atoms with Gasteiger partial charge in [0, 0.05) is 34.6 Å². The summed E-state index contributed by atoms with van der Waals surface area (Å²) in [6, 6.07) is 4.06. The zero-order valence-electron chi connectivity index (χ0n) is 21.5. The minimum atomic E-state index is 0.738. The first-order valence-electron chi connectivity index (χ1n) is 11.9. The molecule has 3 N–H and O–H groups in total. The molecule has 5 rings (SSSR count). The van der Waals surface area contributed by atoms with Crippen molar-refractivity contribution in [2.45, 2.75) is 60.9 Å². The van der Waals surface area contributed by atoms with Crippen LogP contribution in [-0.4, -0.2) is 37.0 Å². The molecular formula is C26H33N7O2. The molecule has 0 saturated carbocycles. The van der Waals surface area contributed by atoms with Gasteiger partial charge in [-0.25, -0.2) is 9.97 Å². The van der Waals surface area contributed by atoms with Crippen molar-refractivity contribution < 1.29 is 9.26 Å². The highest BCUT2D eigenvalue weighted by molar-refractivity contribution is 6.07. The highest BCUT2D eigenvalue weighted by Gasteiger charge is 2.18. The maximum atomic E-state index is 5.92. The topological polar surface area (TPSA) is 121 Å². The molecule has 9 heteroatoms. The first kappa shape index (κ1) is 24.3. The van der Waals surface area contributed by atoms with Crippen LogP contribution in [0.2, 0.25) is 0 Å². The Balaban J connectivity index is 0.000000204. The first-order chi connectivity index (χ1) is 16.8. The fraction of sp³-hybridized carbons (Fsp3) is 0.385. The molecule has 0 atom stereocenters. The van der Waals surface area contributed by atoms with Gasteiger partial charge in [-0.2, -0.15) is 5.10 Å². The van der Waals surface area contributed by atoms with E-state index in [4.69, 9.17) is 15.0 Å². The number of nitrogen functional groups attached to an aromatic ring is 1. The lowest BCUT2D eigenvalue weighted by molar-refractivity contribution is 0.393. The molecule has 0 saturated heterocycles. The quantitative estimate of drug-likeness (QED) is 0.353. The molecule has 5 aromatic rings. The van der Waals surface area contributed by atoms with E-state index in [9.17, 15) is 0 Å². The summed E-state index contributed by atoms with van der Waals surface area (Å²) in [5, 5.41) is 10.5. The number of methoxy groups -OCH3 is 1. The maximum Gasteiger partial charge on any atom is 0.142 e. The summed E-state index contributed by atoms with van der Waals surface area (Å²) in [6.07, 6.45) is 3.73. The van der Waals surface area contributed by atoms with E-state index in [1.54, 1.807) is 7.11 Å². The van der Waals surface area contributed by atoms with Crippen LogP contribution in [0.15, 0.2) is 22.9 Å². The molecule has 0 aliphatic carbocycles. The van der Waals surface area contributed by atoms with Gasteiger partial charge < -0.3 is 20.0 Å². The predicted molar refractivity (Wildman–Crippen MR) is 139 cm³/mol. The SMILES string of the molecule is CCc1nn(CC)c(CC)c1N.COc1cc2c(cc1-c1c(C)noc1C)[nH]c1nc(C)ncc12. The largest absolute Gasteiger partial charge is 0.496 e. The number of aromatic amines is 1. The Bertz CT molecular complexity index is 1470. The summed E-state index contributed by atoms with van der Waals surface area (Å²) in [7, 11) is 1.67. The van der Waals surface area contributed by atoms with Gasteiger partial charge in [0.2, 0.25) is 0 Å². The predicted octanol–water partition coefficient (Wildman–Crippen LogP) is 5.31. The third kappa shape index (κ3) is 4.34. The van der Waals surface area contributed by atoms with Crippen molar-refractivity contribution in [1.82, 2.24) is 29.9 Å². The van der Waals surface area contributed by atoms with Crippen molar-refractivity contribution in [2.75, 3.05) is 12.8 Å².